The molecule has 0 aliphatic rings. The number of hydrogen-bond donors (Lipinski definition) is 1. The van der Waals surface area contributed by atoms with Crippen LogP contribution in [0, 0.1) is 18.3 Å². The Morgan fingerprint density at radius 2 is 2.00 bits per heavy atom. The number of rotatable bonds is 6. The highest BCUT2D eigenvalue weighted by molar-refractivity contribution is 9.10. The van der Waals surface area contributed by atoms with E-state index in [1.165, 1.54) is 14.0 Å². The zero-order valence-corrected chi connectivity index (χ0v) is 15.5. The predicted molar refractivity (Wildman–Crippen MR) is 95.9 cm³/mol. The molecule has 0 saturated carbocycles. The van der Waals surface area contributed by atoms with E-state index in [0.717, 1.165) is 9.04 Å². The van der Waals surface area contributed by atoms with Gasteiger partial charge in [0.05, 0.1) is 5.56 Å². The lowest BCUT2D eigenvalue weighted by Crippen LogP contribution is -2.27. The Morgan fingerprint density at radius 1 is 1.36 bits per heavy atom. The number of nitrogens with zero attached hydrogens (tertiary/aromatic N) is 2. The Hall–Kier alpha value is -2.43. The van der Waals surface area contributed by atoms with Gasteiger partial charge >= 0.3 is 0 Å². The standard InChI is InChI=1S/C18H17BrN2O4/c1-11-14(10-20)17(23)21(8-3-9-25-2)18(24)15(11)16(22)12-4-6-13(19)7-5-12/h4-7,24H,3,8-9H2,1-2H3. The maximum absolute atomic E-state index is 12.8. The molecule has 0 bridgehead atoms. The van der Waals surface area contributed by atoms with E-state index in [1.54, 1.807) is 24.3 Å². The molecular weight excluding hydrogens is 388 g/mol. The molecule has 0 spiro atoms. The van der Waals surface area contributed by atoms with Crippen LogP contribution in [0.2, 0.25) is 0 Å². The molecule has 7 heteroatoms. The first-order chi connectivity index (χ1) is 11.9. The van der Waals surface area contributed by atoms with Gasteiger partial charge in [0.25, 0.3) is 5.56 Å². The van der Waals surface area contributed by atoms with Crippen molar-refractivity contribution in [3.05, 3.63) is 61.3 Å². The highest BCUT2D eigenvalue weighted by atomic mass is 79.9. The van der Waals surface area contributed by atoms with Gasteiger partial charge in [0, 0.05) is 30.3 Å². The van der Waals surface area contributed by atoms with E-state index in [-0.39, 0.29) is 23.2 Å². The molecule has 25 heavy (non-hydrogen) atoms. The second-order valence-corrected chi connectivity index (χ2v) is 6.37. The molecule has 2 rings (SSSR count). The molecule has 0 fully saturated rings. The summed E-state index contributed by atoms with van der Waals surface area (Å²) in [5.41, 5.74) is -0.249. The first-order valence-corrected chi connectivity index (χ1v) is 8.37. The third kappa shape index (κ3) is 3.81. The van der Waals surface area contributed by atoms with Gasteiger partial charge in [-0.2, -0.15) is 5.26 Å². The minimum absolute atomic E-state index is 0.0316. The van der Waals surface area contributed by atoms with Gasteiger partial charge in [-0.3, -0.25) is 14.2 Å². The third-order valence-electron chi connectivity index (χ3n) is 3.86. The van der Waals surface area contributed by atoms with E-state index >= 15 is 0 Å². The van der Waals surface area contributed by atoms with Crippen LogP contribution in [0.5, 0.6) is 5.88 Å². The number of ketones is 1. The number of methoxy groups -OCH3 is 1. The Kier molecular flexibility index (Phi) is 6.12. The lowest BCUT2D eigenvalue weighted by Gasteiger charge is -2.15. The minimum atomic E-state index is -0.610. The molecule has 0 aliphatic heterocycles. The summed E-state index contributed by atoms with van der Waals surface area (Å²) in [7, 11) is 1.53. The van der Waals surface area contributed by atoms with Crippen LogP contribution in [0.1, 0.15) is 33.5 Å². The highest BCUT2D eigenvalue weighted by Gasteiger charge is 2.24. The Bertz CT molecular complexity index is 895. The molecule has 0 saturated heterocycles. The fourth-order valence-corrected chi connectivity index (χ4v) is 2.81. The Morgan fingerprint density at radius 3 is 2.56 bits per heavy atom. The highest BCUT2D eigenvalue weighted by Crippen LogP contribution is 2.25. The van der Waals surface area contributed by atoms with E-state index < -0.39 is 17.2 Å². The molecule has 1 aromatic heterocycles. The van der Waals surface area contributed by atoms with Crippen LogP contribution in [0.4, 0.5) is 0 Å². The molecule has 1 N–H and O–H groups in total. The van der Waals surface area contributed by atoms with Crippen LogP contribution in [-0.4, -0.2) is 29.2 Å². The van der Waals surface area contributed by atoms with Crippen LogP contribution in [-0.2, 0) is 11.3 Å². The van der Waals surface area contributed by atoms with Crippen LogP contribution in [0.15, 0.2) is 33.5 Å². The van der Waals surface area contributed by atoms with Gasteiger partial charge in [-0.05, 0) is 43.2 Å². The summed E-state index contributed by atoms with van der Waals surface area (Å²) in [6.07, 6.45) is 0.462. The largest absolute Gasteiger partial charge is 0.494 e. The topological polar surface area (TPSA) is 92.3 Å². The molecular formula is C18H17BrN2O4. The fourth-order valence-electron chi connectivity index (χ4n) is 2.54. The van der Waals surface area contributed by atoms with Crippen molar-refractivity contribution in [2.24, 2.45) is 0 Å². The van der Waals surface area contributed by atoms with Gasteiger partial charge in [-0.25, -0.2) is 0 Å². The molecule has 0 unspecified atom stereocenters. The number of nitriles is 1. The van der Waals surface area contributed by atoms with Gasteiger partial charge in [-0.15, -0.1) is 0 Å². The number of aromatic hydroxyl groups is 1. The van der Waals surface area contributed by atoms with Gasteiger partial charge in [0.1, 0.15) is 11.6 Å². The molecule has 2 aromatic rings. The van der Waals surface area contributed by atoms with E-state index in [9.17, 15) is 20.0 Å². The molecule has 6 nitrogen and oxygen atoms in total. The van der Waals surface area contributed by atoms with Crippen molar-refractivity contribution in [2.75, 3.05) is 13.7 Å². The van der Waals surface area contributed by atoms with Crippen molar-refractivity contribution in [2.45, 2.75) is 19.9 Å². The zero-order chi connectivity index (χ0) is 18.6. The number of halogens is 1. The molecule has 130 valence electrons. The third-order valence-corrected chi connectivity index (χ3v) is 4.39. The monoisotopic (exact) mass is 404 g/mol. The van der Waals surface area contributed by atoms with Crippen LogP contribution in [0.3, 0.4) is 0 Å². The van der Waals surface area contributed by atoms with Crippen molar-refractivity contribution in [3.8, 4) is 11.9 Å². The summed E-state index contributed by atoms with van der Waals surface area (Å²) < 4.78 is 6.81. The molecule has 0 atom stereocenters. The SMILES string of the molecule is COCCCn1c(O)c(C(=O)c2ccc(Br)cc2)c(C)c(C#N)c1=O. The average Bonchev–Trinajstić information content (AvgIpc) is 2.59. The van der Waals surface area contributed by atoms with Crippen LogP contribution in [0.25, 0.3) is 0 Å². The summed E-state index contributed by atoms with van der Waals surface area (Å²) in [4.78, 5) is 25.3. The quantitative estimate of drug-likeness (QED) is 0.590. The molecule has 0 aliphatic carbocycles. The number of pyridine rings is 1. The Balaban J connectivity index is 2.62. The van der Waals surface area contributed by atoms with E-state index in [1.807, 2.05) is 6.07 Å². The maximum Gasteiger partial charge on any atom is 0.271 e. The van der Waals surface area contributed by atoms with Crippen molar-refractivity contribution >= 4 is 21.7 Å². The number of carbonyl (C=O) groups excluding carboxylic acids is 1. The summed E-state index contributed by atoms with van der Waals surface area (Å²) >= 11 is 3.30. The van der Waals surface area contributed by atoms with E-state index in [2.05, 4.69) is 15.9 Å². The predicted octanol–water partition coefficient (Wildman–Crippen LogP) is 2.76. The van der Waals surface area contributed by atoms with Crippen molar-refractivity contribution in [3.63, 3.8) is 0 Å². The molecule has 1 heterocycles. The molecule has 1 aromatic carbocycles. The van der Waals surface area contributed by atoms with Gasteiger partial charge in [-0.1, -0.05) is 15.9 Å². The normalized spacial score (nSPS) is 10.5. The van der Waals surface area contributed by atoms with Gasteiger partial charge < -0.3 is 9.84 Å². The van der Waals surface area contributed by atoms with Crippen LogP contribution >= 0.6 is 15.9 Å². The number of carbonyl (C=O) groups is 1. The van der Waals surface area contributed by atoms with Gasteiger partial charge in [0.2, 0.25) is 5.88 Å². The molecule has 0 amide bonds. The van der Waals surface area contributed by atoms with Crippen molar-refractivity contribution in [1.82, 2.24) is 4.57 Å². The second-order valence-electron chi connectivity index (χ2n) is 5.45. The summed E-state index contributed by atoms with van der Waals surface area (Å²) in [5.74, 6) is -0.870. The van der Waals surface area contributed by atoms with Gasteiger partial charge in [0.15, 0.2) is 5.78 Å². The van der Waals surface area contributed by atoms with Crippen LogP contribution < -0.4 is 5.56 Å². The number of ether oxygens (including phenoxy) is 1. The van der Waals surface area contributed by atoms with E-state index in [4.69, 9.17) is 4.74 Å². The first-order valence-electron chi connectivity index (χ1n) is 7.58. The smallest absolute Gasteiger partial charge is 0.271 e. The summed E-state index contributed by atoms with van der Waals surface area (Å²) in [6.45, 7) is 2.02. The zero-order valence-electron chi connectivity index (χ0n) is 13.9. The molecule has 0 radical (unpaired) electrons. The second kappa shape index (κ2) is 8.10. The average molecular weight is 405 g/mol. The maximum atomic E-state index is 12.8. The lowest BCUT2D eigenvalue weighted by molar-refractivity contribution is 0.103. The minimum Gasteiger partial charge on any atom is -0.494 e. The Labute approximate surface area is 153 Å². The van der Waals surface area contributed by atoms with Crippen molar-refractivity contribution < 1.29 is 14.6 Å². The first kappa shape index (κ1) is 18.9. The lowest BCUT2D eigenvalue weighted by atomic mass is 9.97. The summed E-state index contributed by atoms with van der Waals surface area (Å²) in [5, 5.41) is 19.9. The summed E-state index contributed by atoms with van der Waals surface area (Å²) in [6, 6.07) is 8.48. The van der Waals surface area contributed by atoms with E-state index in [0.29, 0.717) is 18.6 Å². The number of benzene rings is 1. The number of aromatic nitrogens is 1. The fraction of sp³-hybridized carbons (Fsp3) is 0.278. The van der Waals surface area contributed by atoms with Crippen molar-refractivity contribution in [1.29, 1.82) is 5.26 Å². The number of hydrogen-bond acceptors (Lipinski definition) is 5.